The minimum absolute atomic E-state index is 0.328. The van der Waals surface area contributed by atoms with Gasteiger partial charge in [-0.15, -0.1) is 0 Å². The molecule has 1 aliphatic heterocycles. The largest absolute Gasteiger partial charge is 0.493 e. The van der Waals surface area contributed by atoms with Gasteiger partial charge in [0.1, 0.15) is 0 Å². The van der Waals surface area contributed by atoms with E-state index >= 15 is 0 Å². The summed E-state index contributed by atoms with van der Waals surface area (Å²) >= 11 is 6.61. The highest BCUT2D eigenvalue weighted by Crippen LogP contribution is 2.45. The normalized spacial score (nSPS) is 22.5. The van der Waals surface area contributed by atoms with E-state index in [1.807, 2.05) is 13.1 Å². The van der Waals surface area contributed by atoms with E-state index in [4.69, 9.17) is 21.1 Å². The highest BCUT2D eigenvalue weighted by molar-refractivity contribution is 6.33. The lowest BCUT2D eigenvalue weighted by Gasteiger charge is -2.29. The van der Waals surface area contributed by atoms with E-state index < -0.39 is 0 Å². The van der Waals surface area contributed by atoms with Crippen molar-refractivity contribution in [1.29, 1.82) is 0 Å². The van der Waals surface area contributed by atoms with Crippen LogP contribution in [0.25, 0.3) is 0 Å². The SMILES string of the molecule is CCN1CCC(CNC)C1c1ccc(OC)c(OC)c1Cl. The summed E-state index contributed by atoms with van der Waals surface area (Å²) in [7, 11) is 5.26. The minimum Gasteiger partial charge on any atom is -0.493 e. The Bertz CT molecular complexity index is 482. The first-order valence-corrected chi connectivity index (χ1v) is 7.84. The van der Waals surface area contributed by atoms with Crippen LogP contribution in [0, 0.1) is 5.92 Å². The second kappa shape index (κ2) is 7.34. The van der Waals surface area contributed by atoms with E-state index in [0.717, 1.165) is 25.2 Å². The van der Waals surface area contributed by atoms with E-state index in [1.54, 1.807) is 14.2 Å². The predicted molar refractivity (Wildman–Crippen MR) is 86.6 cm³/mol. The van der Waals surface area contributed by atoms with Crippen LogP contribution in [0.3, 0.4) is 0 Å². The summed E-state index contributed by atoms with van der Waals surface area (Å²) in [4.78, 5) is 2.48. The van der Waals surface area contributed by atoms with E-state index in [9.17, 15) is 0 Å². The molecule has 5 heteroatoms. The molecule has 2 rings (SSSR count). The molecule has 1 heterocycles. The van der Waals surface area contributed by atoms with Crippen molar-refractivity contribution in [2.24, 2.45) is 5.92 Å². The second-order valence-electron chi connectivity index (χ2n) is 5.38. The summed E-state index contributed by atoms with van der Waals surface area (Å²) in [5.74, 6) is 1.87. The van der Waals surface area contributed by atoms with Crippen LogP contribution in [0.1, 0.15) is 24.9 Å². The fourth-order valence-electron chi connectivity index (χ4n) is 3.34. The van der Waals surface area contributed by atoms with Gasteiger partial charge in [0.05, 0.1) is 19.2 Å². The van der Waals surface area contributed by atoms with E-state index in [2.05, 4.69) is 23.2 Å². The summed E-state index contributed by atoms with van der Waals surface area (Å²) in [6, 6.07) is 4.35. The Morgan fingerprint density at radius 1 is 1.33 bits per heavy atom. The van der Waals surface area contributed by atoms with E-state index in [1.165, 1.54) is 6.42 Å². The molecule has 1 N–H and O–H groups in total. The van der Waals surface area contributed by atoms with Gasteiger partial charge in [0, 0.05) is 6.04 Å². The van der Waals surface area contributed by atoms with Crippen molar-refractivity contribution >= 4 is 11.6 Å². The first kappa shape index (κ1) is 16.4. The van der Waals surface area contributed by atoms with Crippen LogP contribution >= 0.6 is 11.6 Å². The van der Waals surface area contributed by atoms with Crippen molar-refractivity contribution in [3.63, 3.8) is 0 Å². The summed E-state index contributed by atoms with van der Waals surface area (Å²) in [6.45, 7) is 5.32. The predicted octanol–water partition coefficient (Wildman–Crippen LogP) is 2.96. The van der Waals surface area contributed by atoms with Crippen LogP contribution in [-0.2, 0) is 0 Å². The number of nitrogens with one attached hydrogen (secondary N) is 1. The molecule has 2 atom stereocenters. The van der Waals surface area contributed by atoms with Gasteiger partial charge in [0.15, 0.2) is 11.5 Å². The number of rotatable bonds is 6. The van der Waals surface area contributed by atoms with Crippen molar-refractivity contribution in [2.75, 3.05) is 40.9 Å². The highest BCUT2D eigenvalue weighted by atomic mass is 35.5. The molecule has 1 aromatic rings. The molecule has 0 spiro atoms. The maximum Gasteiger partial charge on any atom is 0.179 e. The molecule has 1 aliphatic rings. The number of hydrogen-bond acceptors (Lipinski definition) is 4. The Morgan fingerprint density at radius 2 is 2.10 bits per heavy atom. The van der Waals surface area contributed by atoms with Crippen molar-refractivity contribution in [1.82, 2.24) is 10.2 Å². The molecule has 4 nitrogen and oxygen atoms in total. The van der Waals surface area contributed by atoms with Crippen LogP contribution < -0.4 is 14.8 Å². The lowest BCUT2D eigenvalue weighted by molar-refractivity contribution is 0.237. The number of benzene rings is 1. The van der Waals surface area contributed by atoms with E-state index in [0.29, 0.717) is 28.5 Å². The van der Waals surface area contributed by atoms with Gasteiger partial charge in [-0.3, -0.25) is 4.90 Å². The van der Waals surface area contributed by atoms with Gasteiger partial charge in [-0.1, -0.05) is 24.6 Å². The van der Waals surface area contributed by atoms with Crippen molar-refractivity contribution < 1.29 is 9.47 Å². The first-order chi connectivity index (χ1) is 10.2. The van der Waals surface area contributed by atoms with Gasteiger partial charge in [0.25, 0.3) is 0 Å². The maximum atomic E-state index is 6.61. The Balaban J connectivity index is 2.42. The van der Waals surface area contributed by atoms with Gasteiger partial charge in [0.2, 0.25) is 0 Å². The summed E-state index contributed by atoms with van der Waals surface area (Å²) in [6.07, 6.45) is 1.18. The minimum atomic E-state index is 0.328. The fraction of sp³-hybridized carbons (Fsp3) is 0.625. The molecular weight excluding hydrogens is 288 g/mol. The lowest BCUT2D eigenvalue weighted by Crippen LogP contribution is -2.29. The quantitative estimate of drug-likeness (QED) is 0.875. The molecule has 0 amide bonds. The molecular formula is C16H25ClN2O2. The number of likely N-dealkylation sites (tertiary alicyclic amines) is 1. The summed E-state index contributed by atoms with van der Waals surface area (Å²) in [5.41, 5.74) is 1.13. The molecule has 21 heavy (non-hydrogen) atoms. The first-order valence-electron chi connectivity index (χ1n) is 7.46. The van der Waals surface area contributed by atoms with Crippen LogP contribution in [0.15, 0.2) is 12.1 Å². The second-order valence-corrected chi connectivity index (χ2v) is 5.76. The average Bonchev–Trinajstić information content (AvgIpc) is 2.90. The standard InChI is InChI=1S/C16H25ClN2O2/c1-5-19-9-8-11(10-18-2)15(19)12-6-7-13(20-3)16(21-4)14(12)17/h6-7,11,15,18H,5,8-10H2,1-4H3. The number of hydrogen-bond donors (Lipinski definition) is 1. The highest BCUT2D eigenvalue weighted by Gasteiger charge is 2.36. The molecule has 2 unspecified atom stereocenters. The van der Waals surface area contributed by atoms with Gasteiger partial charge < -0.3 is 14.8 Å². The third-order valence-electron chi connectivity index (χ3n) is 4.33. The Morgan fingerprint density at radius 3 is 2.67 bits per heavy atom. The Hall–Kier alpha value is -0.970. The van der Waals surface area contributed by atoms with Gasteiger partial charge in [-0.2, -0.15) is 0 Å². The van der Waals surface area contributed by atoms with Crippen LogP contribution in [0.2, 0.25) is 5.02 Å². The third-order valence-corrected chi connectivity index (χ3v) is 4.72. The summed E-state index contributed by atoms with van der Waals surface area (Å²) in [5, 5.41) is 3.97. The lowest BCUT2D eigenvalue weighted by atomic mass is 9.93. The molecule has 1 aromatic carbocycles. The molecule has 118 valence electrons. The van der Waals surface area contributed by atoms with Crippen molar-refractivity contribution in [2.45, 2.75) is 19.4 Å². The van der Waals surface area contributed by atoms with Crippen LogP contribution in [-0.4, -0.2) is 45.8 Å². The van der Waals surface area contributed by atoms with Gasteiger partial charge in [-0.05, 0) is 50.7 Å². The Labute approximate surface area is 132 Å². The van der Waals surface area contributed by atoms with Gasteiger partial charge in [-0.25, -0.2) is 0 Å². The fourth-order valence-corrected chi connectivity index (χ4v) is 3.69. The van der Waals surface area contributed by atoms with E-state index in [-0.39, 0.29) is 0 Å². The molecule has 0 aliphatic carbocycles. The zero-order valence-corrected chi connectivity index (χ0v) is 14.0. The number of ether oxygens (including phenoxy) is 2. The number of methoxy groups -OCH3 is 2. The molecule has 0 radical (unpaired) electrons. The number of halogens is 1. The zero-order valence-electron chi connectivity index (χ0n) is 13.3. The topological polar surface area (TPSA) is 33.7 Å². The molecule has 0 saturated carbocycles. The molecule has 0 aromatic heterocycles. The third kappa shape index (κ3) is 3.12. The molecule has 0 bridgehead atoms. The maximum absolute atomic E-state index is 6.61. The smallest absolute Gasteiger partial charge is 0.179 e. The Kier molecular flexibility index (Phi) is 5.73. The monoisotopic (exact) mass is 312 g/mol. The molecule has 1 saturated heterocycles. The average molecular weight is 313 g/mol. The van der Waals surface area contributed by atoms with Crippen molar-refractivity contribution in [3.8, 4) is 11.5 Å². The van der Waals surface area contributed by atoms with Gasteiger partial charge >= 0.3 is 0 Å². The summed E-state index contributed by atoms with van der Waals surface area (Å²) < 4.78 is 10.8. The van der Waals surface area contributed by atoms with Crippen LogP contribution in [0.5, 0.6) is 11.5 Å². The molecule has 1 fully saturated rings. The van der Waals surface area contributed by atoms with Crippen molar-refractivity contribution in [3.05, 3.63) is 22.7 Å². The number of nitrogens with zero attached hydrogens (tertiary/aromatic N) is 1. The zero-order chi connectivity index (χ0) is 15.4. The van der Waals surface area contributed by atoms with Crippen LogP contribution in [0.4, 0.5) is 0 Å².